The van der Waals surface area contributed by atoms with Crippen LogP contribution in [-0.4, -0.2) is 44.7 Å². The van der Waals surface area contributed by atoms with Crippen LogP contribution in [0.5, 0.6) is 0 Å². The van der Waals surface area contributed by atoms with Gasteiger partial charge >= 0.3 is 5.97 Å². The molecule has 0 radical (unpaired) electrons. The van der Waals surface area contributed by atoms with Gasteiger partial charge in [-0.1, -0.05) is 34.1 Å². The van der Waals surface area contributed by atoms with Crippen molar-refractivity contribution in [1.29, 1.82) is 0 Å². The maximum absolute atomic E-state index is 11.7. The first kappa shape index (κ1) is 23.5. The zero-order valence-electron chi connectivity index (χ0n) is 19.8. The Hall–Kier alpha value is -0.650. The van der Waals surface area contributed by atoms with Crippen molar-refractivity contribution < 1.29 is 25.2 Å². The predicted molar refractivity (Wildman–Crippen MR) is 119 cm³/mol. The van der Waals surface area contributed by atoms with E-state index in [4.69, 9.17) is 5.11 Å². The molecule has 3 unspecified atom stereocenters. The lowest BCUT2D eigenvalue weighted by Crippen LogP contribution is -2.65. The van der Waals surface area contributed by atoms with Gasteiger partial charge in [0.15, 0.2) is 0 Å². The van der Waals surface area contributed by atoms with E-state index < -0.39 is 12.1 Å². The van der Waals surface area contributed by atoms with Crippen LogP contribution in [0.15, 0.2) is 0 Å². The molecule has 0 aromatic carbocycles. The second-order valence-electron chi connectivity index (χ2n) is 12.1. The van der Waals surface area contributed by atoms with E-state index in [2.05, 4.69) is 27.7 Å². The summed E-state index contributed by atoms with van der Waals surface area (Å²) < 4.78 is 0. The van der Waals surface area contributed by atoms with Crippen molar-refractivity contribution in [2.75, 3.05) is 0 Å². The van der Waals surface area contributed by atoms with E-state index in [0.717, 1.165) is 44.9 Å². The van der Waals surface area contributed by atoms with Crippen molar-refractivity contribution in [3.05, 3.63) is 0 Å². The largest absolute Gasteiger partial charge is 0.481 e. The molecule has 178 valence electrons. The number of carbonyl (C=O) groups is 1. The second kappa shape index (κ2) is 8.29. The lowest BCUT2D eigenvalue weighted by Gasteiger charge is -2.65. The van der Waals surface area contributed by atoms with Crippen molar-refractivity contribution in [3.8, 4) is 0 Å². The topological polar surface area (TPSA) is 98.0 Å². The summed E-state index contributed by atoms with van der Waals surface area (Å²) in [5.41, 5.74) is -0.186. The van der Waals surface area contributed by atoms with Crippen molar-refractivity contribution in [3.63, 3.8) is 0 Å². The molecule has 0 amide bonds. The maximum Gasteiger partial charge on any atom is 0.303 e. The Labute approximate surface area is 187 Å². The summed E-state index contributed by atoms with van der Waals surface area (Å²) in [5, 5.41) is 42.9. The Bertz CT molecular complexity index is 681. The first-order valence-electron chi connectivity index (χ1n) is 12.8. The highest BCUT2D eigenvalue weighted by Crippen LogP contribution is 2.69. The molecule has 31 heavy (non-hydrogen) atoms. The van der Waals surface area contributed by atoms with Crippen LogP contribution in [0.1, 0.15) is 85.5 Å². The van der Waals surface area contributed by atoms with Crippen LogP contribution in [0.3, 0.4) is 0 Å². The van der Waals surface area contributed by atoms with Gasteiger partial charge in [-0.25, -0.2) is 0 Å². The highest BCUT2D eigenvalue weighted by Gasteiger charge is 2.67. The van der Waals surface area contributed by atoms with Crippen LogP contribution in [0.4, 0.5) is 0 Å². The van der Waals surface area contributed by atoms with Crippen molar-refractivity contribution >= 4 is 5.97 Å². The molecule has 0 heterocycles. The van der Waals surface area contributed by atoms with Crippen LogP contribution < -0.4 is 0 Å². The summed E-state index contributed by atoms with van der Waals surface area (Å²) in [6.07, 6.45) is 6.09. The van der Waals surface area contributed by atoms with Gasteiger partial charge in [-0.15, -0.1) is 0 Å². The maximum atomic E-state index is 11.7. The van der Waals surface area contributed by atoms with E-state index in [1.54, 1.807) is 0 Å². The fourth-order valence-corrected chi connectivity index (χ4v) is 9.44. The summed E-state index contributed by atoms with van der Waals surface area (Å²) in [4.78, 5) is 11.1. The summed E-state index contributed by atoms with van der Waals surface area (Å²) >= 11 is 0. The standard InChI is InChI=1S/C26H44O5/c1-5-16-19-12-15(27)10-11-25(19,3)20-13-21(28)26(4)17(14(2)6-9-22(29)30)7-8-18(26)23(20)24(16)31/h14-21,23-24,27-28,31H,5-13H2,1-4H3,(H,29,30)/t14-,15-,16-,17-,18?,19+,20?,21+,23?,24-,25+,26-/m1/s1. The zero-order chi connectivity index (χ0) is 22.7. The molecule has 0 saturated heterocycles. The number of aliphatic hydroxyl groups is 3. The molecule has 5 heteroatoms. The number of carboxylic acids is 1. The molecule has 0 bridgehead atoms. The Morgan fingerprint density at radius 2 is 1.74 bits per heavy atom. The molecule has 4 aliphatic rings. The summed E-state index contributed by atoms with van der Waals surface area (Å²) in [7, 11) is 0. The minimum Gasteiger partial charge on any atom is -0.481 e. The normalized spacial score (nSPS) is 52.7. The number of aliphatic hydroxyl groups excluding tert-OH is 3. The Balaban J connectivity index is 1.66. The number of fused-ring (bicyclic) bond motifs is 5. The fraction of sp³-hybridized carbons (Fsp3) is 0.962. The second-order valence-corrected chi connectivity index (χ2v) is 12.1. The number of aliphatic carboxylic acids is 1. The van der Waals surface area contributed by atoms with E-state index in [-0.39, 0.29) is 53.1 Å². The van der Waals surface area contributed by atoms with Gasteiger partial charge in [-0.2, -0.15) is 0 Å². The van der Waals surface area contributed by atoms with Gasteiger partial charge < -0.3 is 20.4 Å². The van der Waals surface area contributed by atoms with Crippen LogP contribution in [-0.2, 0) is 4.79 Å². The van der Waals surface area contributed by atoms with Gasteiger partial charge in [0.2, 0.25) is 0 Å². The fourth-order valence-electron chi connectivity index (χ4n) is 9.44. The zero-order valence-corrected chi connectivity index (χ0v) is 19.8. The van der Waals surface area contributed by atoms with Gasteiger partial charge in [0.05, 0.1) is 18.3 Å². The minimum atomic E-state index is -0.747. The lowest BCUT2D eigenvalue weighted by atomic mass is 9.41. The third-order valence-corrected chi connectivity index (χ3v) is 11.1. The molecule has 4 aliphatic carbocycles. The molecule has 0 aromatic heterocycles. The van der Waals surface area contributed by atoms with Crippen LogP contribution in [0, 0.1) is 52.3 Å². The molecular weight excluding hydrogens is 392 g/mol. The van der Waals surface area contributed by atoms with E-state index >= 15 is 0 Å². The lowest BCUT2D eigenvalue weighted by molar-refractivity contribution is -0.228. The molecule has 4 saturated carbocycles. The molecule has 4 N–H and O–H groups in total. The highest BCUT2D eigenvalue weighted by molar-refractivity contribution is 5.66. The van der Waals surface area contributed by atoms with E-state index in [1.807, 2.05) is 0 Å². The monoisotopic (exact) mass is 436 g/mol. The molecule has 0 aliphatic heterocycles. The van der Waals surface area contributed by atoms with Crippen LogP contribution in [0.2, 0.25) is 0 Å². The molecule has 5 nitrogen and oxygen atoms in total. The summed E-state index contributed by atoms with van der Waals surface area (Å²) in [6, 6.07) is 0. The van der Waals surface area contributed by atoms with E-state index in [0.29, 0.717) is 24.2 Å². The third-order valence-electron chi connectivity index (χ3n) is 11.1. The third kappa shape index (κ3) is 3.49. The molecule has 0 aromatic rings. The first-order valence-corrected chi connectivity index (χ1v) is 12.8. The molecule has 4 rings (SSSR count). The number of carboxylic acid groups (broad SMARTS) is 1. The average molecular weight is 437 g/mol. The van der Waals surface area contributed by atoms with Crippen LogP contribution >= 0.6 is 0 Å². The summed E-state index contributed by atoms with van der Waals surface area (Å²) in [5.74, 6) is 1.13. The van der Waals surface area contributed by atoms with E-state index in [1.165, 1.54) is 0 Å². The predicted octanol–water partition coefficient (Wildman–Crippen LogP) is 4.08. The molecule has 12 atom stereocenters. The Kier molecular flexibility index (Phi) is 6.28. The first-order chi connectivity index (χ1) is 14.6. The SMILES string of the molecule is CC[C@H]1[C@@H](O)C2C3CC[C@H]([C@H](C)CCC(=O)O)[C@@]3(C)[C@@H](O)CC2[C@@]2(C)CC[C@@H](O)C[C@@H]12. The molecule has 4 fully saturated rings. The minimum absolute atomic E-state index is 0.0686. The smallest absolute Gasteiger partial charge is 0.303 e. The number of rotatable bonds is 5. The van der Waals surface area contributed by atoms with Crippen molar-refractivity contribution in [2.24, 2.45) is 52.3 Å². The van der Waals surface area contributed by atoms with E-state index in [9.17, 15) is 20.1 Å². The van der Waals surface area contributed by atoms with Crippen molar-refractivity contribution in [2.45, 2.75) is 104 Å². The Morgan fingerprint density at radius 3 is 2.39 bits per heavy atom. The van der Waals surface area contributed by atoms with Gasteiger partial charge in [0, 0.05) is 6.42 Å². The van der Waals surface area contributed by atoms with Crippen molar-refractivity contribution in [1.82, 2.24) is 0 Å². The average Bonchev–Trinajstić information content (AvgIpc) is 3.07. The van der Waals surface area contributed by atoms with Gasteiger partial charge in [0.25, 0.3) is 0 Å². The van der Waals surface area contributed by atoms with Gasteiger partial charge in [-0.05, 0) is 97.2 Å². The number of hydrogen-bond donors (Lipinski definition) is 4. The molecule has 0 spiro atoms. The van der Waals surface area contributed by atoms with Crippen LogP contribution in [0.25, 0.3) is 0 Å². The Morgan fingerprint density at radius 1 is 1.03 bits per heavy atom. The highest BCUT2D eigenvalue weighted by atomic mass is 16.4. The van der Waals surface area contributed by atoms with Gasteiger partial charge in [-0.3, -0.25) is 4.79 Å². The molecular formula is C26H44O5. The summed E-state index contributed by atoms with van der Waals surface area (Å²) in [6.45, 7) is 8.96. The quantitative estimate of drug-likeness (QED) is 0.520. The van der Waals surface area contributed by atoms with Gasteiger partial charge in [0.1, 0.15) is 0 Å². The number of hydrogen-bond acceptors (Lipinski definition) is 4.